The number of amides is 3. The Morgan fingerprint density at radius 2 is 2.10 bits per heavy atom. The number of pyridine rings is 1. The van der Waals surface area contributed by atoms with Gasteiger partial charge in [-0.2, -0.15) is 0 Å². The molecular weight excluding hydrogens is 426 g/mol. The molecule has 1 aromatic carbocycles. The van der Waals surface area contributed by atoms with Gasteiger partial charge in [-0.1, -0.05) is 11.6 Å². The maximum atomic E-state index is 14.6. The van der Waals surface area contributed by atoms with Crippen molar-refractivity contribution < 1.29 is 18.4 Å². The molecule has 0 aliphatic heterocycles. The predicted molar refractivity (Wildman–Crippen MR) is 114 cm³/mol. The van der Waals surface area contributed by atoms with Crippen molar-refractivity contribution in [3.05, 3.63) is 58.6 Å². The van der Waals surface area contributed by atoms with Crippen molar-refractivity contribution in [3.8, 4) is 12.3 Å². The first-order chi connectivity index (χ1) is 14.8. The van der Waals surface area contributed by atoms with Crippen LogP contribution >= 0.6 is 11.6 Å². The van der Waals surface area contributed by atoms with E-state index >= 15 is 0 Å². The van der Waals surface area contributed by atoms with E-state index in [1.165, 1.54) is 30.5 Å². The number of carbonyl (C=O) groups is 2. The molecule has 4 N–H and O–H groups in total. The number of hydrogen-bond acceptors (Lipinski definition) is 3. The van der Waals surface area contributed by atoms with Gasteiger partial charge >= 0.3 is 6.03 Å². The summed E-state index contributed by atoms with van der Waals surface area (Å²) >= 11 is 5.77. The maximum absolute atomic E-state index is 14.6. The van der Waals surface area contributed by atoms with Crippen LogP contribution in [-0.4, -0.2) is 29.1 Å². The van der Waals surface area contributed by atoms with Crippen molar-refractivity contribution in [1.29, 1.82) is 0 Å². The summed E-state index contributed by atoms with van der Waals surface area (Å²) in [4.78, 5) is 27.9. The molecule has 1 fully saturated rings. The Morgan fingerprint density at radius 3 is 2.65 bits per heavy atom. The molecule has 1 saturated carbocycles. The van der Waals surface area contributed by atoms with Gasteiger partial charge in [0.15, 0.2) is 0 Å². The summed E-state index contributed by atoms with van der Waals surface area (Å²) in [6, 6.07) is 5.90. The van der Waals surface area contributed by atoms with Crippen molar-refractivity contribution in [2.45, 2.75) is 24.8 Å². The number of terminal acetylenes is 1. The quantitative estimate of drug-likeness (QED) is 0.539. The summed E-state index contributed by atoms with van der Waals surface area (Å²) in [6.07, 6.45) is 8.33. The minimum atomic E-state index is -1.55. The summed E-state index contributed by atoms with van der Waals surface area (Å²) in [5.41, 5.74) is 4.19. The number of benzene rings is 1. The second kappa shape index (κ2) is 9.31. The van der Waals surface area contributed by atoms with Gasteiger partial charge in [0.2, 0.25) is 0 Å². The third kappa shape index (κ3) is 5.30. The summed E-state index contributed by atoms with van der Waals surface area (Å²) in [6.45, 7) is -1.02. The van der Waals surface area contributed by atoms with Gasteiger partial charge in [0.1, 0.15) is 18.2 Å². The first-order valence-corrected chi connectivity index (χ1v) is 9.97. The highest BCUT2D eigenvalue weighted by Gasteiger charge is 2.47. The lowest BCUT2D eigenvalue weighted by Gasteiger charge is -2.37. The van der Waals surface area contributed by atoms with Gasteiger partial charge in [-0.25, -0.2) is 18.6 Å². The zero-order valence-corrected chi connectivity index (χ0v) is 17.3. The zero-order valence-electron chi connectivity index (χ0n) is 16.5. The third-order valence-electron chi connectivity index (χ3n) is 5.25. The third-order valence-corrected chi connectivity index (χ3v) is 5.47. The molecule has 9 heteroatoms. The number of alkyl halides is 1. The van der Waals surface area contributed by atoms with E-state index in [4.69, 9.17) is 23.8 Å². The lowest BCUT2D eigenvalue weighted by Crippen LogP contribution is -2.59. The second-order valence-corrected chi connectivity index (χ2v) is 8.00. The fraction of sp³-hybridized carbons (Fsp3) is 0.318. The fourth-order valence-corrected chi connectivity index (χ4v) is 3.76. The number of anilines is 1. The van der Waals surface area contributed by atoms with Crippen LogP contribution in [0.1, 0.15) is 28.9 Å². The van der Waals surface area contributed by atoms with Crippen LogP contribution in [-0.2, 0) is 6.42 Å². The van der Waals surface area contributed by atoms with Crippen LogP contribution in [0.4, 0.5) is 19.3 Å². The average Bonchev–Trinajstić information content (AvgIpc) is 3.56. The Morgan fingerprint density at radius 1 is 1.35 bits per heavy atom. The van der Waals surface area contributed by atoms with Crippen LogP contribution < -0.4 is 16.4 Å². The minimum absolute atomic E-state index is 0.0227. The number of carbonyl (C=O) groups excluding carboxylic acids is 2. The van der Waals surface area contributed by atoms with Crippen LogP contribution in [0.2, 0.25) is 5.02 Å². The van der Waals surface area contributed by atoms with E-state index in [0.29, 0.717) is 5.02 Å². The Labute approximate surface area is 183 Å². The summed E-state index contributed by atoms with van der Waals surface area (Å²) < 4.78 is 28.9. The van der Waals surface area contributed by atoms with Crippen molar-refractivity contribution >= 4 is 29.2 Å². The molecule has 1 aromatic heterocycles. The molecule has 2 aromatic rings. The molecule has 162 valence electrons. The highest BCUT2D eigenvalue weighted by atomic mass is 35.5. The number of nitrogens with zero attached hydrogens (tertiary/aromatic N) is 1. The summed E-state index contributed by atoms with van der Waals surface area (Å²) in [5.74, 6) is 0.769. The average molecular weight is 447 g/mol. The van der Waals surface area contributed by atoms with Crippen molar-refractivity contribution in [2.24, 2.45) is 17.6 Å². The molecule has 1 aliphatic carbocycles. The normalized spacial score (nSPS) is 15.9. The van der Waals surface area contributed by atoms with Crippen molar-refractivity contribution in [1.82, 2.24) is 10.3 Å². The predicted octanol–water partition coefficient (Wildman–Crippen LogP) is 3.70. The SMILES string of the molecule is C#C[C@H](C1CC1)[C@](CF)(Cc1cc(NC(=O)c2ccc(Cl)cn2)ccc1F)NC(N)=O. The Hall–Kier alpha value is -3.18. The van der Waals surface area contributed by atoms with Gasteiger partial charge in [0.05, 0.1) is 10.6 Å². The molecule has 31 heavy (non-hydrogen) atoms. The first-order valence-electron chi connectivity index (χ1n) is 9.59. The van der Waals surface area contributed by atoms with E-state index in [0.717, 1.165) is 18.9 Å². The molecule has 0 bridgehead atoms. The molecule has 3 rings (SSSR count). The molecule has 0 radical (unpaired) electrons. The van der Waals surface area contributed by atoms with Gasteiger partial charge in [-0.05, 0) is 54.7 Å². The van der Waals surface area contributed by atoms with E-state index < -0.39 is 35.9 Å². The number of nitrogens with two attached hydrogens (primary N) is 1. The van der Waals surface area contributed by atoms with Crippen LogP contribution in [0, 0.1) is 30.0 Å². The van der Waals surface area contributed by atoms with Gasteiger partial charge in [0, 0.05) is 24.2 Å². The van der Waals surface area contributed by atoms with Crippen LogP contribution in [0.15, 0.2) is 36.5 Å². The largest absolute Gasteiger partial charge is 0.352 e. The van der Waals surface area contributed by atoms with Crippen LogP contribution in [0.3, 0.4) is 0 Å². The van der Waals surface area contributed by atoms with Crippen LogP contribution in [0.5, 0.6) is 0 Å². The number of urea groups is 1. The number of aromatic nitrogens is 1. The molecule has 0 spiro atoms. The molecule has 3 amide bonds. The second-order valence-electron chi connectivity index (χ2n) is 7.56. The van der Waals surface area contributed by atoms with E-state index in [1.54, 1.807) is 0 Å². The number of nitrogens with one attached hydrogen (secondary N) is 2. The van der Waals surface area contributed by atoms with E-state index in [-0.39, 0.29) is 29.3 Å². The van der Waals surface area contributed by atoms with Gasteiger partial charge in [-0.3, -0.25) is 4.79 Å². The highest BCUT2D eigenvalue weighted by Crippen LogP contribution is 2.43. The molecular formula is C22H21ClF2N4O2. The Kier molecular flexibility index (Phi) is 6.76. The van der Waals surface area contributed by atoms with Crippen molar-refractivity contribution in [2.75, 3.05) is 12.0 Å². The van der Waals surface area contributed by atoms with Gasteiger partial charge in [-0.15, -0.1) is 12.3 Å². The number of halogens is 3. The standard InChI is InChI=1S/C22H21ClF2N4O2/c1-2-17(13-3-4-13)22(12-24,29-21(26)31)10-14-9-16(6-7-18(14)25)28-20(30)19-8-5-15(23)11-27-19/h1,5-9,11,13,17H,3-4,10,12H2,(H,28,30)(H3,26,29,31)/t17-,22-/m1/s1. The maximum Gasteiger partial charge on any atom is 0.312 e. The van der Waals surface area contributed by atoms with Crippen molar-refractivity contribution in [3.63, 3.8) is 0 Å². The Balaban J connectivity index is 1.88. The lowest BCUT2D eigenvalue weighted by atomic mass is 9.77. The minimum Gasteiger partial charge on any atom is -0.352 e. The van der Waals surface area contributed by atoms with Crippen LogP contribution in [0.25, 0.3) is 0 Å². The number of hydrogen-bond donors (Lipinski definition) is 3. The highest BCUT2D eigenvalue weighted by molar-refractivity contribution is 6.30. The molecule has 0 unspecified atom stereocenters. The van der Waals surface area contributed by atoms with E-state index in [9.17, 15) is 18.4 Å². The molecule has 1 heterocycles. The topological polar surface area (TPSA) is 97.1 Å². The zero-order chi connectivity index (χ0) is 22.6. The monoisotopic (exact) mass is 446 g/mol. The van der Waals surface area contributed by atoms with Gasteiger partial charge < -0.3 is 16.4 Å². The molecule has 6 nitrogen and oxygen atoms in total. The number of rotatable bonds is 8. The lowest BCUT2D eigenvalue weighted by molar-refractivity contribution is 0.102. The summed E-state index contributed by atoms with van der Waals surface area (Å²) in [7, 11) is 0. The van der Waals surface area contributed by atoms with E-state index in [2.05, 4.69) is 21.5 Å². The molecule has 2 atom stereocenters. The van der Waals surface area contributed by atoms with E-state index in [1.807, 2.05) is 0 Å². The van der Waals surface area contributed by atoms with Gasteiger partial charge in [0.25, 0.3) is 5.91 Å². The summed E-state index contributed by atoms with van der Waals surface area (Å²) in [5, 5.41) is 5.42. The molecule has 0 saturated heterocycles. The fourth-order valence-electron chi connectivity index (χ4n) is 3.65. The molecule has 1 aliphatic rings. The smallest absolute Gasteiger partial charge is 0.312 e. The first kappa shape index (κ1) is 22.5. The Bertz CT molecular complexity index is 1020. The number of primary amides is 1.